The summed E-state index contributed by atoms with van der Waals surface area (Å²) in [6.07, 6.45) is 0. The van der Waals surface area contributed by atoms with Gasteiger partial charge in [-0.3, -0.25) is 9.59 Å². The molecular weight excluding hydrogens is 260 g/mol. The minimum Gasteiger partial charge on any atom is -0.383 e. The molecule has 7 heteroatoms. The van der Waals surface area contributed by atoms with Gasteiger partial charge < -0.3 is 20.4 Å². The average molecular weight is 282 g/mol. The van der Waals surface area contributed by atoms with Crippen LogP contribution < -0.4 is 16.2 Å². The number of hydrogen-bond acceptors (Lipinski definition) is 5. The van der Waals surface area contributed by atoms with E-state index in [4.69, 9.17) is 4.74 Å². The number of carbonyl (C=O) groups excluding carboxylic acids is 1. The maximum absolute atomic E-state index is 11.9. The van der Waals surface area contributed by atoms with Crippen LogP contribution in [0.3, 0.4) is 0 Å². The van der Waals surface area contributed by atoms with Crippen molar-refractivity contribution in [2.24, 2.45) is 0 Å². The Labute approximate surface area is 118 Å². The number of aryl methyl sites for hydroxylation is 2. The lowest BCUT2D eigenvalue weighted by Crippen LogP contribution is -2.38. The van der Waals surface area contributed by atoms with E-state index in [2.05, 4.69) is 20.6 Å². The van der Waals surface area contributed by atoms with Crippen molar-refractivity contribution in [1.82, 2.24) is 20.6 Å². The second-order valence-electron chi connectivity index (χ2n) is 4.60. The number of hydrogen-bond donors (Lipinski definition) is 3. The number of rotatable bonds is 7. The molecule has 0 spiro atoms. The Morgan fingerprint density at radius 3 is 2.75 bits per heavy atom. The predicted molar refractivity (Wildman–Crippen MR) is 75.6 cm³/mol. The van der Waals surface area contributed by atoms with E-state index < -0.39 is 0 Å². The first kappa shape index (κ1) is 16.3. The van der Waals surface area contributed by atoms with Gasteiger partial charge in [-0.2, -0.15) is 0 Å². The van der Waals surface area contributed by atoms with Crippen LogP contribution in [0.2, 0.25) is 0 Å². The molecule has 1 rings (SSSR count). The lowest BCUT2D eigenvalue weighted by molar-refractivity contribution is -0.120. The molecule has 1 atom stereocenters. The second-order valence-corrected chi connectivity index (χ2v) is 4.60. The standard InChI is InChI=1S/C13H22N4O3/c1-8(15-7-11(18)14-5-6-20-4)12-9(2)16-10(3)17-13(12)19/h8,15H,5-7H2,1-4H3,(H,14,18)(H,16,17,19). The Hall–Kier alpha value is -1.73. The third kappa shape index (κ3) is 4.75. The molecule has 1 amide bonds. The first-order valence-electron chi connectivity index (χ1n) is 6.52. The molecule has 3 N–H and O–H groups in total. The highest BCUT2D eigenvalue weighted by atomic mass is 16.5. The van der Waals surface area contributed by atoms with E-state index in [1.807, 2.05) is 6.92 Å². The summed E-state index contributed by atoms with van der Waals surface area (Å²) in [5.74, 6) is 0.448. The van der Waals surface area contributed by atoms with Crippen LogP contribution in [0.25, 0.3) is 0 Å². The highest BCUT2D eigenvalue weighted by Gasteiger charge is 2.15. The van der Waals surface area contributed by atoms with E-state index >= 15 is 0 Å². The topological polar surface area (TPSA) is 96.1 Å². The molecule has 0 aliphatic carbocycles. The fourth-order valence-corrected chi connectivity index (χ4v) is 1.95. The number of carbonyl (C=O) groups is 1. The van der Waals surface area contributed by atoms with Crippen molar-refractivity contribution in [3.05, 3.63) is 27.4 Å². The van der Waals surface area contributed by atoms with Gasteiger partial charge in [-0.25, -0.2) is 4.98 Å². The number of nitrogens with zero attached hydrogens (tertiary/aromatic N) is 1. The summed E-state index contributed by atoms with van der Waals surface area (Å²) in [7, 11) is 1.58. The molecule has 1 aromatic heterocycles. The molecule has 1 heterocycles. The van der Waals surface area contributed by atoms with Crippen molar-refractivity contribution in [2.45, 2.75) is 26.8 Å². The number of methoxy groups -OCH3 is 1. The van der Waals surface area contributed by atoms with Gasteiger partial charge in [0.1, 0.15) is 5.82 Å². The van der Waals surface area contributed by atoms with Crippen molar-refractivity contribution < 1.29 is 9.53 Å². The summed E-state index contributed by atoms with van der Waals surface area (Å²) in [6.45, 7) is 6.43. The van der Waals surface area contributed by atoms with Gasteiger partial charge in [0.05, 0.1) is 18.7 Å². The van der Waals surface area contributed by atoms with Crippen LogP contribution in [-0.4, -0.2) is 42.7 Å². The summed E-state index contributed by atoms with van der Waals surface area (Å²) in [5.41, 5.74) is 1.06. The lowest BCUT2D eigenvalue weighted by atomic mass is 10.1. The first-order valence-corrected chi connectivity index (χ1v) is 6.52. The summed E-state index contributed by atoms with van der Waals surface area (Å²) >= 11 is 0. The lowest BCUT2D eigenvalue weighted by Gasteiger charge is -2.15. The van der Waals surface area contributed by atoms with Crippen molar-refractivity contribution >= 4 is 5.91 Å². The molecule has 0 bridgehead atoms. The fourth-order valence-electron chi connectivity index (χ4n) is 1.95. The van der Waals surface area contributed by atoms with Crippen molar-refractivity contribution in [1.29, 1.82) is 0 Å². The van der Waals surface area contributed by atoms with Crippen LogP contribution in [0.1, 0.15) is 30.0 Å². The van der Waals surface area contributed by atoms with E-state index in [0.717, 1.165) is 0 Å². The second kappa shape index (κ2) is 7.76. The van der Waals surface area contributed by atoms with Gasteiger partial charge in [0, 0.05) is 25.4 Å². The summed E-state index contributed by atoms with van der Waals surface area (Å²) < 4.78 is 4.84. The predicted octanol–water partition coefficient (Wildman–Crippen LogP) is -0.200. The summed E-state index contributed by atoms with van der Waals surface area (Å²) in [5, 5.41) is 5.71. The van der Waals surface area contributed by atoms with Crippen LogP contribution in [-0.2, 0) is 9.53 Å². The van der Waals surface area contributed by atoms with Gasteiger partial charge >= 0.3 is 0 Å². The Kier molecular flexibility index (Phi) is 6.33. The largest absolute Gasteiger partial charge is 0.383 e. The van der Waals surface area contributed by atoms with Crippen molar-refractivity contribution in [2.75, 3.05) is 26.8 Å². The molecule has 0 aliphatic heterocycles. The minimum absolute atomic E-state index is 0.136. The van der Waals surface area contributed by atoms with Crippen LogP contribution in [0.15, 0.2) is 4.79 Å². The first-order chi connectivity index (χ1) is 9.45. The molecular formula is C13H22N4O3. The average Bonchev–Trinajstić information content (AvgIpc) is 2.35. The molecule has 0 aliphatic rings. The summed E-state index contributed by atoms with van der Waals surface area (Å²) in [6, 6.07) is -0.250. The highest BCUT2D eigenvalue weighted by Crippen LogP contribution is 2.09. The maximum Gasteiger partial charge on any atom is 0.255 e. The van der Waals surface area contributed by atoms with Crippen LogP contribution in [0, 0.1) is 13.8 Å². The van der Waals surface area contributed by atoms with Gasteiger partial charge in [0.15, 0.2) is 0 Å². The normalized spacial score (nSPS) is 12.2. The molecule has 20 heavy (non-hydrogen) atoms. The molecule has 7 nitrogen and oxygen atoms in total. The van der Waals surface area contributed by atoms with Crippen molar-refractivity contribution in [3.8, 4) is 0 Å². The molecule has 1 aromatic rings. The Morgan fingerprint density at radius 2 is 2.15 bits per heavy atom. The Bertz CT molecular complexity index is 513. The van der Waals surface area contributed by atoms with Gasteiger partial charge in [0.2, 0.25) is 5.91 Å². The van der Waals surface area contributed by atoms with Crippen LogP contribution in [0.5, 0.6) is 0 Å². The van der Waals surface area contributed by atoms with Crippen molar-refractivity contribution in [3.63, 3.8) is 0 Å². The third-order valence-corrected chi connectivity index (χ3v) is 2.89. The molecule has 112 valence electrons. The Morgan fingerprint density at radius 1 is 1.45 bits per heavy atom. The van der Waals surface area contributed by atoms with E-state index in [9.17, 15) is 9.59 Å². The zero-order chi connectivity index (χ0) is 15.1. The quantitative estimate of drug-likeness (QED) is 0.602. The van der Waals surface area contributed by atoms with E-state index in [1.165, 1.54) is 0 Å². The SMILES string of the molecule is COCCNC(=O)CNC(C)c1c(C)nc(C)[nH]c1=O. The molecule has 0 aromatic carbocycles. The number of ether oxygens (including phenoxy) is 1. The maximum atomic E-state index is 11.9. The molecule has 0 radical (unpaired) electrons. The number of H-pyrrole nitrogens is 1. The number of nitrogens with one attached hydrogen (secondary N) is 3. The monoisotopic (exact) mass is 282 g/mol. The van der Waals surface area contributed by atoms with E-state index in [1.54, 1.807) is 21.0 Å². The van der Waals surface area contributed by atoms with Gasteiger partial charge in [-0.1, -0.05) is 0 Å². The van der Waals surface area contributed by atoms with Crippen LogP contribution >= 0.6 is 0 Å². The molecule has 1 unspecified atom stereocenters. The minimum atomic E-state index is -0.250. The third-order valence-electron chi connectivity index (χ3n) is 2.89. The zero-order valence-corrected chi connectivity index (χ0v) is 12.4. The molecule has 0 saturated carbocycles. The van der Waals surface area contributed by atoms with Gasteiger partial charge in [0.25, 0.3) is 5.56 Å². The van der Waals surface area contributed by atoms with E-state index in [0.29, 0.717) is 30.2 Å². The smallest absolute Gasteiger partial charge is 0.255 e. The highest BCUT2D eigenvalue weighted by molar-refractivity contribution is 5.78. The van der Waals surface area contributed by atoms with Crippen LogP contribution in [0.4, 0.5) is 0 Å². The molecule has 0 fully saturated rings. The fraction of sp³-hybridized carbons (Fsp3) is 0.615. The molecule has 0 saturated heterocycles. The zero-order valence-electron chi connectivity index (χ0n) is 12.4. The Balaban J connectivity index is 2.57. The van der Waals surface area contributed by atoms with E-state index in [-0.39, 0.29) is 24.1 Å². The number of aromatic nitrogens is 2. The van der Waals surface area contributed by atoms with Gasteiger partial charge in [-0.15, -0.1) is 0 Å². The number of amides is 1. The number of aromatic amines is 1. The van der Waals surface area contributed by atoms with Gasteiger partial charge in [-0.05, 0) is 20.8 Å². The summed E-state index contributed by atoms with van der Waals surface area (Å²) in [4.78, 5) is 30.3.